The maximum absolute atomic E-state index is 13.3. The van der Waals surface area contributed by atoms with Gasteiger partial charge in [-0.15, -0.1) is 0 Å². The zero-order valence-corrected chi connectivity index (χ0v) is 12.2. The number of rotatable bonds is 5. The zero-order valence-electron chi connectivity index (χ0n) is 12.2. The summed E-state index contributed by atoms with van der Waals surface area (Å²) < 4.78 is 44.3. The number of carbonyl (C=O) groups is 1. The van der Waals surface area contributed by atoms with Crippen molar-refractivity contribution in [3.63, 3.8) is 0 Å². The molecule has 0 bridgehead atoms. The summed E-state index contributed by atoms with van der Waals surface area (Å²) in [5.74, 6) is -2.96. The molecule has 0 radical (unpaired) electrons. The van der Waals surface area contributed by atoms with Crippen LogP contribution >= 0.6 is 0 Å². The van der Waals surface area contributed by atoms with Crippen molar-refractivity contribution in [3.05, 3.63) is 29.6 Å². The molecule has 7 heteroatoms. The highest BCUT2D eigenvalue weighted by Gasteiger charge is 2.15. The Morgan fingerprint density at radius 2 is 1.71 bits per heavy atom. The SMILES string of the molecule is CC(C)(C)OC(=O)NCCCNc1c(F)cc(F)cc1F. The topological polar surface area (TPSA) is 50.4 Å². The molecule has 0 aliphatic heterocycles. The fraction of sp³-hybridized carbons (Fsp3) is 0.500. The van der Waals surface area contributed by atoms with Gasteiger partial charge in [-0.05, 0) is 27.2 Å². The number of anilines is 1. The highest BCUT2D eigenvalue weighted by atomic mass is 19.1. The molecule has 118 valence electrons. The Bertz CT molecular complexity index is 478. The summed E-state index contributed by atoms with van der Waals surface area (Å²) in [5.41, 5.74) is -0.962. The van der Waals surface area contributed by atoms with Crippen LogP contribution in [0.4, 0.5) is 23.7 Å². The summed E-state index contributed by atoms with van der Waals surface area (Å²) in [7, 11) is 0. The minimum Gasteiger partial charge on any atom is -0.444 e. The van der Waals surface area contributed by atoms with Gasteiger partial charge in [0.1, 0.15) is 17.1 Å². The Balaban J connectivity index is 2.31. The lowest BCUT2D eigenvalue weighted by Crippen LogP contribution is -2.33. The minimum atomic E-state index is -0.993. The van der Waals surface area contributed by atoms with Crippen LogP contribution in [0, 0.1) is 17.5 Å². The molecule has 0 aromatic heterocycles. The van der Waals surface area contributed by atoms with Gasteiger partial charge >= 0.3 is 6.09 Å². The number of alkyl carbamates (subject to hydrolysis) is 1. The Morgan fingerprint density at radius 1 is 1.14 bits per heavy atom. The summed E-state index contributed by atoms with van der Waals surface area (Å²) in [6.07, 6.45) is -0.128. The number of carbonyl (C=O) groups excluding carboxylic acids is 1. The summed E-state index contributed by atoms with van der Waals surface area (Å²) in [6.45, 7) is 5.73. The molecule has 1 aromatic rings. The largest absolute Gasteiger partial charge is 0.444 e. The fourth-order valence-electron chi connectivity index (χ4n) is 1.52. The van der Waals surface area contributed by atoms with Crippen LogP contribution in [-0.2, 0) is 4.74 Å². The first-order valence-corrected chi connectivity index (χ1v) is 6.54. The lowest BCUT2D eigenvalue weighted by atomic mass is 10.2. The molecule has 2 N–H and O–H groups in total. The van der Waals surface area contributed by atoms with Gasteiger partial charge in [0.05, 0.1) is 0 Å². The predicted molar refractivity (Wildman–Crippen MR) is 73.7 cm³/mol. The van der Waals surface area contributed by atoms with Crippen LogP contribution in [0.3, 0.4) is 0 Å². The van der Waals surface area contributed by atoms with Gasteiger partial charge in [0, 0.05) is 25.2 Å². The first-order valence-electron chi connectivity index (χ1n) is 6.54. The second-order valence-electron chi connectivity index (χ2n) is 5.45. The van der Waals surface area contributed by atoms with Crippen molar-refractivity contribution < 1.29 is 22.7 Å². The van der Waals surface area contributed by atoms with E-state index in [4.69, 9.17) is 4.74 Å². The van der Waals surface area contributed by atoms with Crippen molar-refractivity contribution in [1.82, 2.24) is 5.32 Å². The van der Waals surface area contributed by atoms with E-state index in [1.165, 1.54) is 0 Å². The molecule has 0 saturated carbocycles. The van der Waals surface area contributed by atoms with Gasteiger partial charge in [-0.2, -0.15) is 0 Å². The van der Waals surface area contributed by atoms with E-state index in [9.17, 15) is 18.0 Å². The number of amides is 1. The lowest BCUT2D eigenvalue weighted by Gasteiger charge is -2.19. The summed E-state index contributed by atoms with van der Waals surface area (Å²) in [4.78, 5) is 11.3. The van der Waals surface area contributed by atoms with Gasteiger partial charge in [0.15, 0.2) is 11.6 Å². The molecule has 0 spiro atoms. The van der Waals surface area contributed by atoms with Crippen LogP contribution in [-0.4, -0.2) is 24.8 Å². The average molecular weight is 304 g/mol. The highest BCUT2D eigenvalue weighted by Crippen LogP contribution is 2.19. The van der Waals surface area contributed by atoms with Crippen LogP contribution in [0.15, 0.2) is 12.1 Å². The number of ether oxygens (including phenoxy) is 1. The maximum atomic E-state index is 13.3. The highest BCUT2D eigenvalue weighted by molar-refractivity contribution is 5.67. The number of hydrogen-bond donors (Lipinski definition) is 2. The van der Waals surface area contributed by atoms with E-state index >= 15 is 0 Å². The molecule has 0 heterocycles. The van der Waals surface area contributed by atoms with Crippen molar-refractivity contribution in [3.8, 4) is 0 Å². The van der Waals surface area contributed by atoms with Crippen LogP contribution < -0.4 is 10.6 Å². The molecule has 0 atom stereocenters. The third kappa shape index (κ3) is 6.37. The standard InChI is InChI=1S/C14H19F3N2O2/c1-14(2,3)21-13(20)19-6-4-5-18-12-10(16)7-9(15)8-11(12)17/h7-8,18H,4-6H2,1-3H3,(H,19,20). The molecule has 1 amide bonds. The number of hydrogen-bond acceptors (Lipinski definition) is 3. The molecule has 0 unspecified atom stereocenters. The van der Waals surface area contributed by atoms with Crippen LogP contribution in [0.25, 0.3) is 0 Å². The van der Waals surface area contributed by atoms with E-state index in [0.29, 0.717) is 18.6 Å². The number of halogens is 3. The van der Waals surface area contributed by atoms with Gasteiger partial charge in [0.25, 0.3) is 0 Å². The van der Waals surface area contributed by atoms with Crippen molar-refractivity contribution in [1.29, 1.82) is 0 Å². The first kappa shape index (κ1) is 17.1. The third-order valence-electron chi connectivity index (χ3n) is 2.33. The first-order chi connectivity index (χ1) is 9.69. The fourth-order valence-corrected chi connectivity index (χ4v) is 1.52. The van der Waals surface area contributed by atoms with E-state index < -0.39 is 29.1 Å². The predicted octanol–water partition coefficient (Wildman–Crippen LogP) is 3.43. The van der Waals surface area contributed by atoms with Gasteiger partial charge in [0.2, 0.25) is 0 Å². The molecule has 0 aliphatic carbocycles. The molecule has 1 aromatic carbocycles. The van der Waals surface area contributed by atoms with E-state index in [-0.39, 0.29) is 18.8 Å². The van der Waals surface area contributed by atoms with Crippen LogP contribution in [0.5, 0.6) is 0 Å². The molecular formula is C14H19F3N2O2. The Labute approximate surface area is 121 Å². The van der Waals surface area contributed by atoms with Crippen LogP contribution in [0.2, 0.25) is 0 Å². The molecule has 4 nitrogen and oxygen atoms in total. The van der Waals surface area contributed by atoms with Crippen molar-refractivity contribution in [2.75, 3.05) is 18.4 Å². The molecule has 21 heavy (non-hydrogen) atoms. The molecule has 0 fully saturated rings. The average Bonchev–Trinajstić information content (AvgIpc) is 2.29. The second kappa shape index (κ2) is 7.19. The second-order valence-corrected chi connectivity index (χ2v) is 5.45. The van der Waals surface area contributed by atoms with Gasteiger partial charge in [-0.3, -0.25) is 0 Å². The van der Waals surface area contributed by atoms with Crippen LogP contribution in [0.1, 0.15) is 27.2 Å². The summed E-state index contributed by atoms with van der Waals surface area (Å²) >= 11 is 0. The van der Waals surface area contributed by atoms with Gasteiger partial charge in [-0.1, -0.05) is 0 Å². The molecule has 0 aliphatic rings. The van der Waals surface area contributed by atoms with E-state index in [0.717, 1.165) is 0 Å². The summed E-state index contributed by atoms with van der Waals surface area (Å²) in [5, 5.41) is 5.04. The van der Waals surface area contributed by atoms with E-state index in [1.54, 1.807) is 20.8 Å². The monoisotopic (exact) mass is 304 g/mol. The quantitative estimate of drug-likeness (QED) is 0.819. The van der Waals surface area contributed by atoms with Gasteiger partial charge < -0.3 is 15.4 Å². The zero-order chi connectivity index (χ0) is 16.0. The maximum Gasteiger partial charge on any atom is 0.407 e. The van der Waals surface area contributed by atoms with Gasteiger partial charge in [-0.25, -0.2) is 18.0 Å². The van der Waals surface area contributed by atoms with Crippen molar-refractivity contribution >= 4 is 11.8 Å². The lowest BCUT2D eigenvalue weighted by molar-refractivity contribution is 0.0527. The smallest absolute Gasteiger partial charge is 0.407 e. The molecule has 1 rings (SSSR count). The Morgan fingerprint density at radius 3 is 2.24 bits per heavy atom. The van der Waals surface area contributed by atoms with E-state index in [1.807, 2.05) is 0 Å². The summed E-state index contributed by atoms with van der Waals surface area (Å²) in [6, 6.07) is 1.20. The minimum absolute atomic E-state index is 0.218. The normalized spacial score (nSPS) is 11.1. The third-order valence-corrected chi connectivity index (χ3v) is 2.33. The van der Waals surface area contributed by atoms with Crippen molar-refractivity contribution in [2.24, 2.45) is 0 Å². The Hall–Kier alpha value is -1.92. The molecule has 0 saturated heterocycles. The van der Waals surface area contributed by atoms with Crippen molar-refractivity contribution in [2.45, 2.75) is 32.8 Å². The number of nitrogens with one attached hydrogen (secondary N) is 2. The Kier molecular flexibility index (Phi) is 5.87. The van der Waals surface area contributed by atoms with E-state index in [2.05, 4.69) is 10.6 Å². The molecular weight excluding hydrogens is 285 g/mol. The number of benzene rings is 1.